The lowest BCUT2D eigenvalue weighted by atomic mass is 10.00. The minimum absolute atomic E-state index is 0.0528. The molecule has 0 spiro atoms. The number of anilines is 1. The van der Waals surface area contributed by atoms with E-state index in [9.17, 15) is 4.79 Å². The van der Waals surface area contributed by atoms with Crippen molar-refractivity contribution in [3.05, 3.63) is 77.2 Å². The molecule has 154 valence electrons. The van der Waals surface area contributed by atoms with Crippen LogP contribution < -0.4 is 14.8 Å². The van der Waals surface area contributed by atoms with Gasteiger partial charge in [0.25, 0.3) is 5.91 Å². The fourth-order valence-corrected chi connectivity index (χ4v) is 4.22. The number of carbonyl (C=O) groups is 1. The Morgan fingerprint density at radius 2 is 2.07 bits per heavy atom. The highest BCUT2D eigenvalue weighted by Gasteiger charge is 2.36. The number of benzene rings is 2. The van der Waals surface area contributed by atoms with Gasteiger partial charge in [0.1, 0.15) is 29.5 Å². The Morgan fingerprint density at radius 3 is 2.87 bits per heavy atom. The molecule has 0 saturated carbocycles. The maximum absolute atomic E-state index is 13.5. The summed E-state index contributed by atoms with van der Waals surface area (Å²) in [4.78, 5) is 15.2. The van der Waals surface area contributed by atoms with Crippen LogP contribution in [0.15, 0.2) is 59.2 Å². The maximum atomic E-state index is 13.5. The van der Waals surface area contributed by atoms with Gasteiger partial charge in [-0.3, -0.25) is 4.79 Å². The summed E-state index contributed by atoms with van der Waals surface area (Å²) in [5.74, 6) is 2.29. The Labute approximate surface area is 175 Å². The van der Waals surface area contributed by atoms with E-state index in [0.717, 1.165) is 40.5 Å². The quantitative estimate of drug-likeness (QED) is 0.664. The summed E-state index contributed by atoms with van der Waals surface area (Å²) < 4.78 is 17.5. The van der Waals surface area contributed by atoms with Gasteiger partial charge in [-0.05, 0) is 50.2 Å². The molecule has 0 fully saturated rings. The van der Waals surface area contributed by atoms with Gasteiger partial charge >= 0.3 is 0 Å². The normalized spacial score (nSPS) is 19.7. The van der Waals surface area contributed by atoms with Gasteiger partial charge in [-0.1, -0.05) is 12.1 Å². The van der Waals surface area contributed by atoms with Gasteiger partial charge in [0.15, 0.2) is 0 Å². The molecule has 0 unspecified atom stereocenters. The summed E-state index contributed by atoms with van der Waals surface area (Å²) in [7, 11) is 0. The molecule has 2 atom stereocenters. The Balaban J connectivity index is 1.62. The van der Waals surface area contributed by atoms with Crippen molar-refractivity contribution < 1.29 is 18.7 Å². The van der Waals surface area contributed by atoms with Crippen LogP contribution in [0.2, 0.25) is 0 Å². The molecule has 5 rings (SSSR count). The third-order valence-corrected chi connectivity index (χ3v) is 5.55. The second-order valence-electron chi connectivity index (χ2n) is 7.67. The van der Waals surface area contributed by atoms with Gasteiger partial charge < -0.3 is 24.1 Å². The first-order chi connectivity index (χ1) is 14.6. The molecule has 1 aromatic heterocycles. The third-order valence-electron chi connectivity index (χ3n) is 5.55. The molecule has 2 aliphatic heterocycles. The summed E-state index contributed by atoms with van der Waals surface area (Å²) in [6.45, 7) is 4.91. The molecule has 0 saturated heterocycles. The average molecular weight is 404 g/mol. The van der Waals surface area contributed by atoms with E-state index in [-0.39, 0.29) is 12.0 Å². The maximum Gasteiger partial charge on any atom is 0.258 e. The molecule has 0 radical (unpaired) electrons. The third kappa shape index (κ3) is 3.18. The van der Waals surface area contributed by atoms with Crippen molar-refractivity contribution in [2.24, 2.45) is 0 Å². The van der Waals surface area contributed by atoms with Crippen molar-refractivity contribution in [1.82, 2.24) is 4.90 Å². The van der Waals surface area contributed by atoms with Gasteiger partial charge in [0, 0.05) is 23.2 Å². The molecule has 0 bridgehead atoms. The van der Waals surface area contributed by atoms with Crippen molar-refractivity contribution in [3.63, 3.8) is 0 Å². The highest BCUT2D eigenvalue weighted by atomic mass is 16.5. The number of para-hydroxylation sites is 1. The van der Waals surface area contributed by atoms with E-state index in [1.165, 1.54) is 0 Å². The van der Waals surface area contributed by atoms with Crippen LogP contribution in [0.4, 0.5) is 5.69 Å². The van der Waals surface area contributed by atoms with E-state index >= 15 is 0 Å². The molecule has 3 aromatic rings. The highest BCUT2D eigenvalue weighted by molar-refractivity contribution is 6.01. The van der Waals surface area contributed by atoms with E-state index in [1.54, 1.807) is 11.2 Å². The first-order valence-corrected chi connectivity index (χ1v) is 10.3. The number of nitrogens with one attached hydrogen (secondary N) is 1. The van der Waals surface area contributed by atoms with Crippen LogP contribution in [0.3, 0.4) is 0 Å². The smallest absolute Gasteiger partial charge is 0.258 e. The summed E-state index contributed by atoms with van der Waals surface area (Å²) in [6.07, 6.45) is 2.19. The van der Waals surface area contributed by atoms with Gasteiger partial charge in [-0.15, -0.1) is 0 Å². The largest absolute Gasteiger partial charge is 0.493 e. The zero-order valence-corrected chi connectivity index (χ0v) is 17.1. The number of rotatable bonds is 5. The number of ether oxygens (including phenoxy) is 2. The molecule has 30 heavy (non-hydrogen) atoms. The summed E-state index contributed by atoms with van der Waals surface area (Å²) in [5.41, 5.74) is 3.46. The molecule has 2 aliphatic rings. The van der Waals surface area contributed by atoms with E-state index < -0.39 is 6.17 Å². The number of hydrogen-bond acceptors (Lipinski definition) is 5. The van der Waals surface area contributed by atoms with Crippen LogP contribution in [-0.4, -0.2) is 23.5 Å². The van der Waals surface area contributed by atoms with Crippen LogP contribution in [0.25, 0.3) is 0 Å². The van der Waals surface area contributed by atoms with Crippen LogP contribution >= 0.6 is 0 Å². The zero-order valence-electron chi connectivity index (χ0n) is 17.1. The van der Waals surface area contributed by atoms with Crippen molar-refractivity contribution >= 4 is 11.6 Å². The van der Waals surface area contributed by atoms with Crippen LogP contribution in [-0.2, 0) is 13.0 Å². The lowest BCUT2D eigenvalue weighted by Gasteiger charge is -2.38. The molecule has 1 N–H and O–H groups in total. The molecule has 1 amide bonds. The lowest BCUT2D eigenvalue weighted by molar-refractivity contribution is 0.0648. The molecular formula is C24H24N2O4. The molecule has 0 aliphatic carbocycles. The van der Waals surface area contributed by atoms with Gasteiger partial charge in [0.05, 0.1) is 25.0 Å². The van der Waals surface area contributed by atoms with Crippen molar-refractivity contribution in [2.45, 2.75) is 39.1 Å². The fraction of sp³-hybridized carbons (Fsp3) is 0.292. The number of amides is 1. The first kappa shape index (κ1) is 18.6. The minimum Gasteiger partial charge on any atom is -0.493 e. The second kappa shape index (κ2) is 7.44. The summed E-state index contributed by atoms with van der Waals surface area (Å²) in [5, 5.41) is 3.54. The average Bonchev–Trinajstić information content (AvgIpc) is 3.38. The molecule has 2 aromatic carbocycles. The van der Waals surface area contributed by atoms with Crippen LogP contribution in [0.5, 0.6) is 11.5 Å². The monoisotopic (exact) mass is 404 g/mol. The van der Waals surface area contributed by atoms with Gasteiger partial charge in [-0.2, -0.15) is 0 Å². The number of nitrogens with zero attached hydrogens (tertiary/aromatic N) is 1. The Hall–Kier alpha value is -3.41. The number of furan rings is 1. The van der Waals surface area contributed by atoms with Crippen molar-refractivity contribution in [2.75, 3.05) is 11.9 Å². The van der Waals surface area contributed by atoms with Crippen LogP contribution in [0.1, 0.15) is 47.3 Å². The first-order valence-electron chi connectivity index (χ1n) is 10.3. The predicted molar refractivity (Wildman–Crippen MR) is 113 cm³/mol. The molecular weight excluding hydrogens is 380 g/mol. The minimum atomic E-state index is -0.413. The van der Waals surface area contributed by atoms with Crippen molar-refractivity contribution in [3.8, 4) is 11.5 Å². The number of carbonyl (C=O) groups excluding carboxylic acids is 1. The van der Waals surface area contributed by atoms with Gasteiger partial charge in [-0.25, -0.2) is 0 Å². The lowest BCUT2D eigenvalue weighted by Crippen LogP contribution is -2.42. The Kier molecular flexibility index (Phi) is 4.62. The molecule has 6 heteroatoms. The summed E-state index contributed by atoms with van der Waals surface area (Å²) in [6, 6.07) is 15.3. The number of hydrogen-bond donors (Lipinski definition) is 1. The van der Waals surface area contributed by atoms with Crippen LogP contribution in [0, 0.1) is 0 Å². The topological polar surface area (TPSA) is 63.9 Å². The van der Waals surface area contributed by atoms with E-state index in [1.807, 2.05) is 49.4 Å². The SMILES string of the molecule is CCOc1cc2c(cc1[C@H]1Nc3ccccc3C(=O)N1Cc1ccco1)O[C@@H](C)C2. The Morgan fingerprint density at radius 1 is 1.20 bits per heavy atom. The highest BCUT2D eigenvalue weighted by Crippen LogP contribution is 2.42. The van der Waals surface area contributed by atoms with E-state index in [0.29, 0.717) is 18.7 Å². The predicted octanol–water partition coefficient (Wildman–Crippen LogP) is 4.77. The standard InChI is InChI=1S/C24H24N2O4/c1-3-28-22-12-16-11-15(2)30-21(16)13-19(22)23-25-20-9-5-4-8-18(20)24(27)26(23)14-17-7-6-10-29-17/h4-10,12-13,15,23,25H,3,11,14H2,1-2H3/t15-,23-/m0/s1. The fourth-order valence-electron chi connectivity index (χ4n) is 4.22. The van der Waals surface area contributed by atoms with Gasteiger partial charge in [0.2, 0.25) is 0 Å². The zero-order chi connectivity index (χ0) is 20.7. The van der Waals surface area contributed by atoms with E-state index in [4.69, 9.17) is 13.9 Å². The molecule has 6 nitrogen and oxygen atoms in total. The second-order valence-corrected chi connectivity index (χ2v) is 7.67. The van der Waals surface area contributed by atoms with Crippen molar-refractivity contribution in [1.29, 1.82) is 0 Å². The summed E-state index contributed by atoms with van der Waals surface area (Å²) >= 11 is 0. The number of fused-ring (bicyclic) bond motifs is 2. The molecule has 3 heterocycles. The van der Waals surface area contributed by atoms with E-state index in [2.05, 4.69) is 18.3 Å². The Bertz CT molecular complexity index is 1080.